The molecule has 0 bridgehead atoms. The molecule has 21 heavy (non-hydrogen) atoms. The summed E-state index contributed by atoms with van der Waals surface area (Å²) in [6.45, 7) is 3.87. The first-order valence-corrected chi connectivity index (χ1v) is 6.79. The minimum Gasteiger partial charge on any atom is -0.497 e. The first-order valence-electron chi connectivity index (χ1n) is 6.79. The molecule has 0 heterocycles. The molecule has 0 unspecified atom stereocenters. The number of Topliss-reactive ketones (excluding diaryl/α,β-unsaturated/α-hetero) is 1. The molecule has 2 aromatic rings. The van der Waals surface area contributed by atoms with Gasteiger partial charge in [0.1, 0.15) is 5.75 Å². The molecule has 2 rings (SSSR count). The van der Waals surface area contributed by atoms with Crippen LogP contribution in [0.1, 0.15) is 22.3 Å². The maximum absolute atomic E-state index is 12.2. The van der Waals surface area contributed by atoms with Crippen molar-refractivity contribution in [2.75, 3.05) is 7.11 Å². The van der Waals surface area contributed by atoms with E-state index in [0.29, 0.717) is 17.6 Å². The van der Waals surface area contributed by atoms with E-state index in [0.717, 1.165) is 11.3 Å². The monoisotopic (exact) mass is 278 g/mol. The van der Waals surface area contributed by atoms with E-state index in [9.17, 15) is 4.79 Å². The van der Waals surface area contributed by atoms with E-state index in [1.54, 1.807) is 31.4 Å². The number of methoxy groups -OCH3 is 1. The summed E-state index contributed by atoms with van der Waals surface area (Å²) < 4.78 is 5.08. The van der Waals surface area contributed by atoms with E-state index in [1.807, 2.05) is 42.5 Å². The smallest absolute Gasteiger partial charge is 0.188 e. The van der Waals surface area contributed by atoms with Gasteiger partial charge in [0, 0.05) is 5.56 Å². The van der Waals surface area contributed by atoms with Gasteiger partial charge in [-0.1, -0.05) is 49.1 Å². The van der Waals surface area contributed by atoms with Crippen molar-refractivity contribution in [2.24, 2.45) is 0 Å². The number of allylic oxidation sites excluding steroid dienone is 2. The number of carbonyl (C=O) groups is 1. The maximum atomic E-state index is 12.2. The second-order valence-corrected chi connectivity index (χ2v) is 4.68. The highest BCUT2D eigenvalue weighted by Gasteiger charge is 2.08. The quantitative estimate of drug-likeness (QED) is 0.573. The molecule has 0 aliphatic heterocycles. The molecule has 0 saturated carbocycles. The molecule has 0 amide bonds. The summed E-state index contributed by atoms with van der Waals surface area (Å²) in [5.74, 6) is 0.705. The van der Waals surface area contributed by atoms with Gasteiger partial charge < -0.3 is 4.74 Å². The van der Waals surface area contributed by atoms with Crippen LogP contribution in [0.5, 0.6) is 5.75 Å². The Balaban J connectivity index is 1.96. The minimum atomic E-state index is -0.0321. The van der Waals surface area contributed by atoms with Gasteiger partial charge in [0.2, 0.25) is 0 Å². The van der Waals surface area contributed by atoms with Crippen LogP contribution in [0, 0.1) is 0 Å². The average Bonchev–Trinajstić information content (AvgIpc) is 2.55. The maximum Gasteiger partial charge on any atom is 0.188 e. The molecule has 0 radical (unpaired) electrons. The molecule has 2 nitrogen and oxygen atoms in total. The number of rotatable bonds is 6. The molecule has 106 valence electrons. The largest absolute Gasteiger partial charge is 0.497 e. The summed E-state index contributed by atoms with van der Waals surface area (Å²) in [4.78, 5) is 12.2. The second kappa shape index (κ2) is 7.25. The summed E-state index contributed by atoms with van der Waals surface area (Å²) in [6, 6.07) is 17.0. The summed E-state index contributed by atoms with van der Waals surface area (Å²) in [7, 11) is 1.60. The Bertz CT molecular complexity index is 637. The van der Waals surface area contributed by atoms with Gasteiger partial charge in [-0.2, -0.15) is 0 Å². The first kappa shape index (κ1) is 14.8. The third-order valence-corrected chi connectivity index (χ3v) is 3.15. The van der Waals surface area contributed by atoms with Crippen LogP contribution in [0.3, 0.4) is 0 Å². The van der Waals surface area contributed by atoms with Crippen molar-refractivity contribution in [3.63, 3.8) is 0 Å². The predicted molar refractivity (Wildman–Crippen MR) is 86.6 cm³/mol. The number of benzene rings is 2. The Morgan fingerprint density at radius 1 is 1.10 bits per heavy atom. The Morgan fingerprint density at radius 2 is 1.76 bits per heavy atom. The fourth-order valence-corrected chi connectivity index (χ4v) is 1.94. The van der Waals surface area contributed by atoms with Crippen LogP contribution < -0.4 is 4.74 Å². The van der Waals surface area contributed by atoms with Gasteiger partial charge in [-0.05, 0) is 41.8 Å². The van der Waals surface area contributed by atoms with Gasteiger partial charge in [0.05, 0.1) is 7.11 Å². The molecule has 0 spiro atoms. The van der Waals surface area contributed by atoms with Gasteiger partial charge in [-0.25, -0.2) is 0 Å². The second-order valence-electron chi connectivity index (χ2n) is 4.68. The molecule has 0 aromatic heterocycles. The fourth-order valence-electron chi connectivity index (χ4n) is 1.94. The lowest BCUT2D eigenvalue weighted by Crippen LogP contribution is -2.01. The topological polar surface area (TPSA) is 26.3 Å². The van der Waals surface area contributed by atoms with Crippen molar-refractivity contribution in [1.29, 1.82) is 0 Å². The zero-order valence-electron chi connectivity index (χ0n) is 12.1. The summed E-state index contributed by atoms with van der Waals surface area (Å²) in [6.07, 6.45) is 4.49. The lowest BCUT2D eigenvalue weighted by molar-refractivity contribution is 0.103. The lowest BCUT2D eigenvalue weighted by Gasteiger charge is -2.04. The normalized spacial score (nSPS) is 10.5. The molecule has 2 aromatic carbocycles. The molecule has 0 N–H and O–H groups in total. The number of hydrogen-bond acceptors (Lipinski definition) is 2. The SMILES string of the molecule is C=C(C/C=C/c1ccccc1)C(=O)c1ccc(OC)cc1. The number of hydrogen-bond donors (Lipinski definition) is 0. The summed E-state index contributed by atoms with van der Waals surface area (Å²) in [5, 5.41) is 0. The van der Waals surface area contributed by atoms with Crippen molar-refractivity contribution in [1.82, 2.24) is 0 Å². The summed E-state index contributed by atoms with van der Waals surface area (Å²) in [5.41, 5.74) is 2.32. The van der Waals surface area contributed by atoms with E-state index >= 15 is 0 Å². The Labute approximate surface area is 125 Å². The van der Waals surface area contributed by atoms with Crippen molar-refractivity contribution in [3.8, 4) is 5.75 Å². The molecule has 0 aliphatic rings. The van der Waals surface area contributed by atoms with Crippen molar-refractivity contribution in [3.05, 3.63) is 84.0 Å². The third kappa shape index (κ3) is 4.18. The van der Waals surface area contributed by atoms with Gasteiger partial charge in [-0.15, -0.1) is 0 Å². The first-order chi connectivity index (χ1) is 10.2. The van der Waals surface area contributed by atoms with E-state index < -0.39 is 0 Å². The van der Waals surface area contributed by atoms with E-state index in [4.69, 9.17) is 4.74 Å². The molecular formula is C19H18O2. The van der Waals surface area contributed by atoms with Crippen LogP contribution >= 0.6 is 0 Å². The van der Waals surface area contributed by atoms with Crippen LogP contribution in [-0.4, -0.2) is 12.9 Å². The summed E-state index contributed by atoms with van der Waals surface area (Å²) >= 11 is 0. The Hall–Kier alpha value is -2.61. The molecule has 0 saturated heterocycles. The Kier molecular flexibility index (Phi) is 5.10. The van der Waals surface area contributed by atoms with Gasteiger partial charge >= 0.3 is 0 Å². The highest BCUT2D eigenvalue weighted by molar-refractivity contribution is 6.08. The molecular weight excluding hydrogens is 260 g/mol. The molecule has 0 aliphatic carbocycles. The number of carbonyl (C=O) groups excluding carboxylic acids is 1. The van der Waals surface area contributed by atoms with Crippen LogP contribution in [-0.2, 0) is 0 Å². The molecule has 0 atom stereocenters. The minimum absolute atomic E-state index is 0.0321. The standard InChI is InChI=1S/C19H18O2/c1-15(7-6-10-16-8-4-3-5-9-16)19(20)17-11-13-18(21-2)14-12-17/h3-6,8-14H,1,7H2,2H3/b10-6+. The van der Waals surface area contributed by atoms with Crippen LogP contribution in [0.2, 0.25) is 0 Å². The number of ketones is 1. The van der Waals surface area contributed by atoms with Crippen LogP contribution in [0.15, 0.2) is 72.8 Å². The predicted octanol–water partition coefficient (Wildman–Crippen LogP) is 4.54. The highest BCUT2D eigenvalue weighted by atomic mass is 16.5. The Morgan fingerprint density at radius 3 is 2.38 bits per heavy atom. The zero-order chi connectivity index (χ0) is 15.1. The number of ether oxygens (including phenoxy) is 1. The van der Waals surface area contributed by atoms with E-state index in [-0.39, 0.29) is 5.78 Å². The van der Waals surface area contributed by atoms with Gasteiger partial charge in [-0.3, -0.25) is 4.79 Å². The van der Waals surface area contributed by atoms with Crippen molar-refractivity contribution in [2.45, 2.75) is 6.42 Å². The molecule has 2 heteroatoms. The van der Waals surface area contributed by atoms with Crippen LogP contribution in [0.4, 0.5) is 0 Å². The molecule has 0 fully saturated rings. The van der Waals surface area contributed by atoms with E-state index in [1.165, 1.54) is 0 Å². The van der Waals surface area contributed by atoms with Crippen molar-refractivity contribution < 1.29 is 9.53 Å². The zero-order valence-corrected chi connectivity index (χ0v) is 12.1. The fraction of sp³-hybridized carbons (Fsp3) is 0.105. The van der Waals surface area contributed by atoms with Crippen molar-refractivity contribution >= 4 is 11.9 Å². The van der Waals surface area contributed by atoms with Gasteiger partial charge in [0.25, 0.3) is 0 Å². The van der Waals surface area contributed by atoms with Crippen LogP contribution in [0.25, 0.3) is 6.08 Å². The van der Waals surface area contributed by atoms with E-state index in [2.05, 4.69) is 6.58 Å². The highest BCUT2D eigenvalue weighted by Crippen LogP contribution is 2.16. The van der Waals surface area contributed by atoms with Gasteiger partial charge in [0.15, 0.2) is 5.78 Å². The third-order valence-electron chi connectivity index (χ3n) is 3.15. The lowest BCUT2D eigenvalue weighted by atomic mass is 10.0. The average molecular weight is 278 g/mol.